The third kappa shape index (κ3) is 9.63. The van der Waals surface area contributed by atoms with Crippen LogP contribution in [0.5, 0.6) is 23.0 Å². The molecule has 0 radical (unpaired) electrons. The Morgan fingerprint density at radius 1 is 0.870 bits per heavy atom. The number of piperidine rings is 1. The Morgan fingerprint density at radius 2 is 1.52 bits per heavy atom. The Hall–Kier alpha value is -4.24. The lowest BCUT2D eigenvalue weighted by Gasteiger charge is -2.32. The highest BCUT2D eigenvalue weighted by Gasteiger charge is 2.22. The quantitative estimate of drug-likeness (QED) is 0.166. The summed E-state index contributed by atoms with van der Waals surface area (Å²) in [4.78, 5) is 28.0. The lowest BCUT2D eigenvalue weighted by atomic mass is 10.0. The number of urea groups is 1. The van der Waals surface area contributed by atoms with E-state index in [1.165, 1.54) is 19.4 Å². The molecular formula is C37H50N4O5. The fourth-order valence-electron chi connectivity index (χ4n) is 5.68. The Bertz CT molecular complexity index is 1420. The molecule has 3 aromatic carbocycles. The summed E-state index contributed by atoms with van der Waals surface area (Å²) in [5, 5.41) is 8.79. The van der Waals surface area contributed by atoms with Crippen LogP contribution in [0.15, 0.2) is 54.6 Å². The molecule has 4 rings (SSSR count). The van der Waals surface area contributed by atoms with Crippen LogP contribution >= 0.6 is 0 Å². The van der Waals surface area contributed by atoms with Crippen LogP contribution in [0.1, 0.15) is 80.8 Å². The number of hydrogen-bond acceptors (Lipinski definition) is 6. The number of unbranched alkanes of at least 4 members (excludes halogenated alkanes) is 1. The number of carbonyl (C=O) groups excluding carboxylic acids is 2. The number of ether oxygens (including phenoxy) is 3. The van der Waals surface area contributed by atoms with E-state index in [4.69, 9.17) is 14.2 Å². The lowest BCUT2D eigenvalue weighted by molar-refractivity contribution is 0.0985. The van der Waals surface area contributed by atoms with Crippen molar-refractivity contribution >= 4 is 23.3 Å². The maximum Gasteiger partial charge on any atom is 0.319 e. The van der Waals surface area contributed by atoms with E-state index >= 15 is 0 Å². The van der Waals surface area contributed by atoms with Gasteiger partial charge in [-0.1, -0.05) is 27.2 Å². The Balaban J connectivity index is 1.32. The number of amides is 3. The number of methoxy groups -OCH3 is 1. The molecule has 9 heteroatoms. The number of hydrogen-bond donors (Lipinski definition) is 3. The smallest absolute Gasteiger partial charge is 0.319 e. The Kier molecular flexibility index (Phi) is 12.7. The highest BCUT2D eigenvalue weighted by molar-refractivity contribution is 6.04. The van der Waals surface area contributed by atoms with E-state index in [1.54, 1.807) is 49.6 Å². The Labute approximate surface area is 274 Å². The minimum absolute atomic E-state index is 0.124. The highest BCUT2D eigenvalue weighted by Crippen LogP contribution is 2.34. The molecule has 0 bridgehead atoms. The molecule has 0 unspecified atom stereocenters. The van der Waals surface area contributed by atoms with Crippen molar-refractivity contribution in [1.82, 2.24) is 10.2 Å². The molecule has 1 heterocycles. The molecule has 0 spiro atoms. The second-order valence-electron chi connectivity index (χ2n) is 12.0. The number of carbonyl (C=O) groups is 2. The van der Waals surface area contributed by atoms with Gasteiger partial charge in [0.15, 0.2) is 11.5 Å². The molecule has 1 aliphatic heterocycles. The molecular weight excluding hydrogens is 580 g/mol. The average Bonchev–Trinajstić information content (AvgIpc) is 3.06. The monoisotopic (exact) mass is 630 g/mol. The van der Waals surface area contributed by atoms with Gasteiger partial charge in [-0.2, -0.15) is 0 Å². The van der Waals surface area contributed by atoms with Crippen molar-refractivity contribution in [2.75, 3.05) is 37.4 Å². The molecule has 248 valence electrons. The zero-order valence-electron chi connectivity index (χ0n) is 28.2. The number of nitrogens with one attached hydrogen (secondary N) is 3. The number of rotatable bonds is 14. The van der Waals surface area contributed by atoms with Gasteiger partial charge in [0.25, 0.3) is 5.91 Å². The van der Waals surface area contributed by atoms with Gasteiger partial charge in [0.05, 0.1) is 7.11 Å². The molecule has 0 atom stereocenters. The van der Waals surface area contributed by atoms with E-state index in [0.717, 1.165) is 55.6 Å². The number of likely N-dealkylation sites (tertiary alicyclic amines) is 1. The second kappa shape index (κ2) is 16.9. The van der Waals surface area contributed by atoms with Crippen molar-refractivity contribution < 1.29 is 23.8 Å². The molecule has 0 aromatic heterocycles. The topological polar surface area (TPSA) is 101 Å². The van der Waals surface area contributed by atoms with Crippen LogP contribution in [-0.4, -0.2) is 55.7 Å². The van der Waals surface area contributed by atoms with E-state index in [9.17, 15) is 9.59 Å². The van der Waals surface area contributed by atoms with Gasteiger partial charge in [0.2, 0.25) is 0 Å². The summed E-state index contributed by atoms with van der Waals surface area (Å²) in [5.74, 6) is 2.25. The van der Waals surface area contributed by atoms with Gasteiger partial charge in [-0.05, 0) is 112 Å². The summed E-state index contributed by atoms with van der Waals surface area (Å²) in [5.41, 5.74) is 3.76. The van der Waals surface area contributed by atoms with Gasteiger partial charge in [0, 0.05) is 42.1 Å². The van der Waals surface area contributed by atoms with E-state index < -0.39 is 0 Å². The largest absolute Gasteiger partial charge is 0.493 e. The fourth-order valence-corrected chi connectivity index (χ4v) is 5.68. The van der Waals surface area contributed by atoms with E-state index in [2.05, 4.69) is 27.8 Å². The molecule has 1 fully saturated rings. The number of anilines is 2. The van der Waals surface area contributed by atoms with Crippen LogP contribution in [0.2, 0.25) is 0 Å². The molecule has 1 saturated heterocycles. The molecule has 3 aromatic rings. The van der Waals surface area contributed by atoms with Gasteiger partial charge in [0.1, 0.15) is 17.6 Å². The van der Waals surface area contributed by atoms with Gasteiger partial charge in [-0.15, -0.1) is 0 Å². The van der Waals surface area contributed by atoms with E-state index in [1.807, 2.05) is 39.8 Å². The summed E-state index contributed by atoms with van der Waals surface area (Å²) in [6.45, 7) is 13.6. The number of nitrogens with zero attached hydrogens (tertiary/aromatic N) is 1. The van der Waals surface area contributed by atoms with E-state index in [0.29, 0.717) is 34.2 Å². The van der Waals surface area contributed by atoms with Crippen molar-refractivity contribution in [2.24, 2.45) is 0 Å². The van der Waals surface area contributed by atoms with Crippen molar-refractivity contribution in [2.45, 2.75) is 85.3 Å². The molecule has 3 amide bonds. The second-order valence-corrected chi connectivity index (χ2v) is 12.0. The van der Waals surface area contributed by atoms with Crippen molar-refractivity contribution in [3.8, 4) is 23.0 Å². The first kappa shape index (κ1) is 34.6. The summed E-state index contributed by atoms with van der Waals surface area (Å²) in [6, 6.07) is 16.0. The maximum absolute atomic E-state index is 13.2. The predicted octanol–water partition coefficient (Wildman–Crippen LogP) is 8.31. The molecule has 1 aliphatic rings. The standard InChI is InChI=1S/C37H50N4O5/c1-7-10-19-41-20-17-32(18-21-41)46-35-25(4)22-27(23-26(35)5)36(42)38-29-11-14-31(15-12-29)45-33-16-13-30(24-34(33)44-6)40-37(43)39-28(8-2)9-3/h11-16,22-24,28,32H,7-10,17-21H2,1-6H3,(H,38,42)(H2,39,40,43). The third-order valence-electron chi connectivity index (χ3n) is 8.45. The third-order valence-corrected chi connectivity index (χ3v) is 8.45. The normalized spacial score (nSPS) is 13.7. The van der Waals surface area contributed by atoms with Crippen LogP contribution in [0, 0.1) is 13.8 Å². The van der Waals surface area contributed by atoms with Crippen LogP contribution in [0.3, 0.4) is 0 Å². The SMILES string of the molecule is CCCCN1CCC(Oc2c(C)cc(C(=O)Nc3ccc(Oc4ccc(NC(=O)NC(CC)CC)cc4OC)cc3)cc2C)CC1. The minimum Gasteiger partial charge on any atom is -0.493 e. The summed E-state index contributed by atoms with van der Waals surface area (Å²) < 4.78 is 18.0. The van der Waals surface area contributed by atoms with Crippen LogP contribution < -0.4 is 30.2 Å². The zero-order chi connectivity index (χ0) is 33.1. The number of benzene rings is 3. The van der Waals surface area contributed by atoms with E-state index in [-0.39, 0.29) is 24.1 Å². The predicted molar refractivity (Wildman–Crippen MR) is 185 cm³/mol. The Morgan fingerprint density at radius 3 is 2.13 bits per heavy atom. The first-order valence-corrected chi connectivity index (χ1v) is 16.6. The van der Waals surface area contributed by atoms with Gasteiger partial charge in [-0.25, -0.2) is 4.79 Å². The molecule has 0 saturated carbocycles. The summed E-state index contributed by atoms with van der Waals surface area (Å²) in [6.07, 6.45) is 6.45. The zero-order valence-corrected chi connectivity index (χ0v) is 28.2. The maximum atomic E-state index is 13.2. The first-order chi connectivity index (χ1) is 22.2. The lowest BCUT2D eigenvalue weighted by Crippen LogP contribution is -2.38. The van der Waals surface area contributed by atoms with Gasteiger partial charge < -0.3 is 35.1 Å². The minimum atomic E-state index is -0.259. The van der Waals surface area contributed by atoms with Crippen LogP contribution in [0.4, 0.5) is 16.2 Å². The average molecular weight is 631 g/mol. The van der Waals surface area contributed by atoms with Crippen molar-refractivity contribution in [1.29, 1.82) is 0 Å². The summed E-state index contributed by atoms with van der Waals surface area (Å²) >= 11 is 0. The number of aryl methyl sites for hydroxylation is 2. The summed E-state index contributed by atoms with van der Waals surface area (Å²) in [7, 11) is 1.55. The highest BCUT2D eigenvalue weighted by atomic mass is 16.5. The molecule has 0 aliphatic carbocycles. The first-order valence-electron chi connectivity index (χ1n) is 16.6. The van der Waals surface area contributed by atoms with Gasteiger partial charge >= 0.3 is 6.03 Å². The molecule has 46 heavy (non-hydrogen) atoms. The van der Waals surface area contributed by atoms with Crippen LogP contribution in [0.25, 0.3) is 0 Å². The van der Waals surface area contributed by atoms with Crippen molar-refractivity contribution in [3.05, 3.63) is 71.3 Å². The molecule has 9 nitrogen and oxygen atoms in total. The molecule has 3 N–H and O–H groups in total. The van der Waals surface area contributed by atoms with Crippen molar-refractivity contribution in [3.63, 3.8) is 0 Å². The van der Waals surface area contributed by atoms with Crippen LogP contribution in [-0.2, 0) is 0 Å². The fraction of sp³-hybridized carbons (Fsp3) is 0.459. The van der Waals surface area contributed by atoms with Gasteiger partial charge in [-0.3, -0.25) is 4.79 Å².